The second kappa shape index (κ2) is 4.77. The topological polar surface area (TPSA) is 82.9 Å². The molecule has 0 amide bonds. The summed E-state index contributed by atoms with van der Waals surface area (Å²) in [6.07, 6.45) is 1.44. The van der Waals surface area contributed by atoms with E-state index in [1.165, 1.54) is 19.2 Å². The van der Waals surface area contributed by atoms with Crippen LogP contribution in [0.4, 0.5) is 4.39 Å². The molecule has 1 aromatic heterocycles. The van der Waals surface area contributed by atoms with E-state index in [9.17, 15) is 12.8 Å². The summed E-state index contributed by atoms with van der Waals surface area (Å²) in [5, 5.41) is 8.17. The molecular formula is C10H12FN3O2S. The van der Waals surface area contributed by atoms with E-state index in [1.807, 2.05) is 6.07 Å². The van der Waals surface area contributed by atoms with E-state index < -0.39 is 26.4 Å². The van der Waals surface area contributed by atoms with Crippen LogP contribution in [0.1, 0.15) is 20.3 Å². The number of pyridine rings is 1. The SMILES string of the molecule is CCC(C)(C#N)NS(=O)(=O)c1ncccc1F. The van der Waals surface area contributed by atoms with Crippen molar-refractivity contribution in [2.45, 2.75) is 30.8 Å². The van der Waals surface area contributed by atoms with Gasteiger partial charge >= 0.3 is 0 Å². The number of hydrogen-bond donors (Lipinski definition) is 1. The molecular weight excluding hydrogens is 245 g/mol. The number of hydrogen-bond acceptors (Lipinski definition) is 4. The minimum atomic E-state index is -4.13. The third kappa shape index (κ3) is 2.99. The fraction of sp³-hybridized carbons (Fsp3) is 0.400. The Hall–Kier alpha value is -1.52. The second-order valence-electron chi connectivity index (χ2n) is 3.69. The predicted octanol–water partition coefficient (Wildman–Crippen LogP) is 1.19. The first kappa shape index (κ1) is 13.5. The lowest BCUT2D eigenvalue weighted by atomic mass is 10.0. The molecule has 1 atom stereocenters. The Morgan fingerprint density at radius 2 is 2.29 bits per heavy atom. The summed E-state index contributed by atoms with van der Waals surface area (Å²) in [7, 11) is -4.13. The van der Waals surface area contributed by atoms with E-state index in [0.29, 0.717) is 0 Å². The Labute approximate surface area is 99.3 Å². The van der Waals surface area contributed by atoms with Crippen LogP contribution in [0.15, 0.2) is 23.4 Å². The fourth-order valence-electron chi connectivity index (χ4n) is 1.09. The molecule has 0 spiro atoms. The molecule has 1 unspecified atom stereocenters. The number of aromatic nitrogens is 1. The summed E-state index contributed by atoms with van der Waals surface area (Å²) in [5.41, 5.74) is -1.28. The normalized spacial score (nSPS) is 14.9. The van der Waals surface area contributed by atoms with Gasteiger partial charge in [-0.2, -0.15) is 9.98 Å². The van der Waals surface area contributed by atoms with Crippen LogP contribution in [0.5, 0.6) is 0 Å². The van der Waals surface area contributed by atoms with E-state index in [0.717, 1.165) is 6.07 Å². The standard InChI is InChI=1S/C10H12FN3O2S/c1-3-10(2,7-12)14-17(15,16)9-8(11)5-4-6-13-9/h4-6,14H,3H2,1-2H3. The number of nitrogens with zero attached hydrogens (tertiary/aromatic N) is 2. The molecule has 0 radical (unpaired) electrons. The first-order valence-corrected chi connectivity index (χ1v) is 6.39. The third-order valence-corrected chi connectivity index (χ3v) is 3.82. The van der Waals surface area contributed by atoms with Crippen LogP contribution in [0.25, 0.3) is 0 Å². The van der Waals surface area contributed by atoms with Crippen LogP contribution < -0.4 is 4.72 Å². The van der Waals surface area contributed by atoms with Gasteiger partial charge in [0.2, 0.25) is 5.03 Å². The minimum Gasteiger partial charge on any atom is -0.241 e. The molecule has 0 fully saturated rings. The van der Waals surface area contributed by atoms with Gasteiger partial charge in [-0.3, -0.25) is 0 Å². The van der Waals surface area contributed by atoms with Gasteiger partial charge in [0.1, 0.15) is 5.54 Å². The lowest BCUT2D eigenvalue weighted by Crippen LogP contribution is -2.44. The van der Waals surface area contributed by atoms with Gasteiger partial charge in [0, 0.05) is 6.20 Å². The highest BCUT2D eigenvalue weighted by Crippen LogP contribution is 2.15. The van der Waals surface area contributed by atoms with Crippen LogP contribution in [0.3, 0.4) is 0 Å². The molecule has 17 heavy (non-hydrogen) atoms. The van der Waals surface area contributed by atoms with Crippen molar-refractivity contribution in [1.29, 1.82) is 5.26 Å². The van der Waals surface area contributed by atoms with Gasteiger partial charge in [-0.15, -0.1) is 0 Å². The smallest absolute Gasteiger partial charge is 0.241 e. The van der Waals surface area contributed by atoms with E-state index >= 15 is 0 Å². The quantitative estimate of drug-likeness (QED) is 0.878. The van der Waals surface area contributed by atoms with Crippen LogP contribution in [-0.4, -0.2) is 18.9 Å². The van der Waals surface area contributed by atoms with Crippen LogP contribution in [0.2, 0.25) is 0 Å². The Morgan fingerprint density at radius 1 is 1.65 bits per heavy atom. The van der Waals surface area contributed by atoms with E-state index in [1.54, 1.807) is 6.92 Å². The molecule has 0 saturated heterocycles. The summed E-state index contributed by atoms with van der Waals surface area (Å²) < 4.78 is 39.1. The van der Waals surface area contributed by atoms with E-state index in [2.05, 4.69) is 9.71 Å². The highest BCUT2D eigenvalue weighted by Gasteiger charge is 2.31. The number of rotatable bonds is 4. The molecule has 92 valence electrons. The molecule has 0 aromatic carbocycles. The molecule has 1 heterocycles. The maximum absolute atomic E-state index is 13.3. The zero-order valence-corrected chi connectivity index (χ0v) is 10.3. The van der Waals surface area contributed by atoms with Gasteiger partial charge < -0.3 is 0 Å². The lowest BCUT2D eigenvalue weighted by molar-refractivity contribution is 0.485. The first-order chi connectivity index (χ1) is 7.84. The summed E-state index contributed by atoms with van der Waals surface area (Å²) in [6, 6.07) is 4.12. The monoisotopic (exact) mass is 257 g/mol. The van der Waals surface area contributed by atoms with Crippen molar-refractivity contribution in [2.75, 3.05) is 0 Å². The zero-order valence-electron chi connectivity index (χ0n) is 9.44. The van der Waals surface area contributed by atoms with Gasteiger partial charge in [-0.25, -0.2) is 17.8 Å². The lowest BCUT2D eigenvalue weighted by Gasteiger charge is -2.20. The number of sulfonamides is 1. The Bertz CT molecular complexity index is 553. The summed E-state index contributed by atoms with van der Waals surface area (Å²) in [5.74, 6) is -0.948. The van der Waals surface area contributed by atoms with Crippen molar-refractivity contribution in [3.8, 4) is 6.07 Å². The highest BCUT2D eigenvalue weighted by atomic mass is 32.2. The number of halogens is 1. The van der Waals surface area contributed by atoms with Crippen molar-refractivity contribution in [3.05, 3.63) is 24.1 Å². The fourth-order valence-corrected chi connectivity index (χ4v) is 2.49. The molecule has 1 N–H and O–H groups in total. The predicted molar refractivity (Wildman–Crippen MR) is 58.8 cm³/mol. The maximum atomic E-state index is 13.3. The Morgan fingerprint density at radius 3 is 2.76 bits per heavy atom. The van der Waals surface area contributed by atoms with Crippen LogP contribution in [0, 0.1) is 17.1 Å². The van der Waals surface area contributed by atoms with Crippen molar-refractivity contribution < 1.29 is 12.8 Å². The molecule has 0 saturated carbocycles. The molecule has 0 aliphatic rings. The van der Waals surface area contributed by atoms with Gasteiger partial charge in [-0.1, -0.05) is 6.92 Å². The van der Waals surface area contributed by atoms with Crippen molar-refractivity contribution >= 4 is 10.0 Å². The van der Waals surface area contributed by atoms with Gasteiger partial charge in [0.25, 0.3) is 10.0 Å². The zero-order chi connectivity index (χ0) is 13.1. The average molecular weight is 257 g/mol. The van der Waals surface area contributed by atoms with Gasteiger partial charge in [0.05, 0.1) is 6.07 Å². The second-order valence-corrected chi connectivity index (χ2v) is 5.29. The maximum Gasteiger partial charge on any atom is 0.262 e. The van der Waals surface area contributed by atoms with Crippen molar-refractivity contribution in [2.24, 2.45) is 0 Å². The van der Waals surface area contributed by atoms with Crippen LogP contribution in [-0.2, 0) is 10.0 Å². The number of nitriles is 1. The number of nitrogens with one attached hydrogen (secondary N) is 1. The van der Waals surface area contributed by atoms with Gasteiger partial charge in [0.15, 0.2) is 5.82 Å². The average Bonchev–Trinajstić information content (AvgIpc) is 2.28. The summed E-state index contributed by atoms with van der Waals surface area (Å²) in [6.45, 7) is 3.08. The van der Waals surface area contributed by atoms with Gasteiger partial charge in [-0.05, 0) is 25.5 Å². The third-order valence-electron chi connectivity index (χ3n) is 2.29. The van der Waals surface area contributed by atoms with Crippen molar-refractivity contribution in [1.82, 2.24) is 9.71 Å². The molecule has 5 nitrogen and oxygen atoms in total. The molecule has 0 bridgehead atoms. The Kier molecular flexibility index (Phi) is 3.80. The summed E-state index contributed by atoms with van der Waals surface area (Å²) >= 11 is 0. The van der Waals surface area contributed by atoms with E-state index in [-0.39, 0.29) is 6.42 Å². The molecule has 0 aliphatic heterocycles. The minimum absolute atomic E-state index is 0.261. The Balaban J connectivity index is 3.15. The van der Waals surface area contributed by atoms with Crippen LogP contribution >= 0.6 is 0 Å². The molecule has 0 aliphatic carbocycles. The first-order valence-electron chi connectivity index (χ1n) is 4.90. The molecule has 1 aromatic rings. The van der Waals surface area contributed by atoms with E-state index in [4.69, 9.17) is 5.26 Å². The molecule has 7 heteroatoms. The molecule has 1 rings (SSSR count). The summed E-state index contributed by atoms with van der Waals surface area (Å²) in [4.78, 5) is 3.47. The largest absolute Gasteiger partial charge is 0.262 e. The van der Waals surface area contributed by atoms with Crippen molar-refractivity contribution in [3.63, 3.8) is 0 Å². The highest BCUT2D eigenvalue weighted by molar-refractivity contribution is 7.89.